The van der Waals surface area contributed by atoms with Crippen molar-refractivity contribution in [2.75, 3.05) is 24.0 Å². The normalized spacial score (nSPS) is 11.8. The molecule has 0 radical (unpaired) electrons. The summed E-state index contributed by atoms with van der Waals surface area (Å²) in [5, 5.41) is 3.77. The molecule has 0 aromatic heterocycles. The minimum Gasteiger partial charge on any atom is -0.492 e. The fourth-order valence-electron chi connectivity index (χ4n) is 4.89. The van der Waals surface area contributed by atoms with Gasteiger partial charge in [-0.2, -0.15) is 0 Å². The van der Waals surface area contributed by atoms with Crippen LogP contribution < -0.4 is 14.4 Å². The number of nitrogens with zero attached hydrogens (tertiary/aromatic N) is 2. The lowest BCUT2D eigenvalue weighted by molar-refractivity contribution is -0.140. The summed E-state index contributed by atoms with van der Waals surface area (Å²) in [5.74, 6) is -0.808. The molecule has 0 saturated carbocycles. The monoisotopic (exact) mass is 701 g/mol. The van der Waals surface area contributed by atoms with Crippen molar-refractivity contribution in [2.45, 2.75) is 37.8 Å². The second kappa shape index (κ2) is 16.2. The summed E-state index contributed by atoms with van der Waals surface area (Å²) < 4.78 is 35.3. The van der Waals surface area contributed by atoms with Gasteiger partial charge in [-0.3, -0.25) is 13.9 Å². The first-order chi connectivity index (χ1) is 22.1. The number of para-hydroxylation sites is 2. The molecular weight excluding hydrogens is 669 g/mol. The van der Waals surface area contributed by atoms with Gasteiger partial charge in [-0.15, -0.1) is 0 Å². The fraction of sp³-hybridized carbons (Fsp3) is 0.235. The van der Waals surface area contributed by atoms with E-state index in [1.807, 2.05) is 30.3 Å². The molecule has 12 heteroatoms. The average Bonchev–Trinajstić information content (AvgIpc) is 3.04. The highest BCUT2D eigenvalue weighted by atomic mass is 35.5. The Kier molecular flexibility index (Phi) is 12.3. The van der Waals surface area contributed by atoms with Crippen molar-refractivity contribution in [3.05, 3.63) is 123 Å². The Balaban J connectivity index is 1.86. The van der Waals surface area contributed by atoms with E-state index >= 15 is 0 Å². The van der Waals surface area contributed by atoms with Gasteiger partial charge in [0.2, 0.25) is 11.8 Å². The molecule has 0 aliphatic carbocycles. The summed E-state index contributed by atoms with van der Waals surface area (Å²) >= 11 is 19.2. The van der Waals surface area contributed by atoms with E-state index in [-0.39, 0.29) is 35.9 Å². The van der Waals surface area contributed by atoms with Crippen LogP contribution in [0, 0.1) is 0 Å². The fourth-order valence-corrected chi connectivity index (χ4v) is 6.96. The molecule has 0 spiro atoms. The third-order valence-corrected chi connectivity index (χ3v) is 9.86. The number of nitrogens with one attached hydrogen (secondary N) is 1. The lowest BCUT2D eigenvalue weighted by atomic mass is 10.0. The summed E-state index contributed by atoms with van der Waals surface area (Å²) in [6, 6.07) is 25.4. The van der Waals surface area contributed by atoms with Gasteiger partial charge in [-0.05, 0) is 67.9 Å². The summed E-state index contributed by atoms with van der Waals surface area (Å²) in [6.45, 7) is 3.30. The van der Waals surface area contributed by atoms with Crippen molar-refractivity contribution in [1.82, 2.24) is 10.2 Å². The van der Waals surface area contributed by atoms with Crippen molar-refractivity contribution >= 4 is 62.3 Å². The third-order valence-electron chi connectivity index (χ3n) is 7.13. The largest absolute Gasteiger partial charge is 0.492 e. The van der Waals surface area contributed by atoms with Crippen molar-refractivity contribution in [2.24, 2.45) is 0 Å². The van der Waals surface area contributed by atoms with E-state index in [4.69, 9.17) is 39.5 Å². The van der Waals surface area contributed by atoms with Gasteiger partial charge in [-0.25, -0.2) is 8.42 Å². The molecule has 1 atom stereocenters. The topological polar surface area (TPSA) is 96.0 Å². The van der Waals surface area contributed by atoms with E-state index in [1.165, 1.54) is 29.2 Å². The van der Waals surface area contributed by atoms with E-state index in [0.29, 0.717) is 27.2 Å². The Morgan fingerprint density at radius 3 is 2.09 bits per heavy atom. The molecule has 0 saturated heterocycles. The zero-order valence-corrected chi connectivity index (χ0v) is 28.4. The molecule has 0 fully saturated rings. The number of hydrogen-bond acceptors (Lipinski definition) is 5. The number of carbonyl (C=O) groups is 2. The Hall–Kier alpha value is -3.76. The molecule has 0 heterocycles. The average molecular weight is 703 g/mol. The van der Waals surface area contributed by atoms with E-state index in [0.717, 1.165) is 9.87 Å². The molecule has 242 valence electrons. The van der Waals surface area contributed by atoms with Crippen LogP contribution in [0.2, 0.25) is 15.1 Å². The van der Waals surface area contributed by atoms with Crippen LogP contribution in [0.4, 0.5) is 5.69 Å². The number of ether oxygens (including phenoxy) is 1. The first kappa shape index (κ1) is 35.1. The van der Waals surface area contributed by atoms with Crippen LogP contribution in [-0.4, -0.2) is 50.9 Å². The summed E-state index contributed by atoms with van der Waals surface area (Å²) in [4.78, 5) is 29.5. The molecule has 4 rings (SSSR count). The highest BCUT2D eigenvalue weighted by Gasteiger charge is 2.36. The number of carbonyl (C=O) groups excluding carboxylic acids is 2. The highest BCUT2D eigenvalue weighted by Crippen LogP contribution is 2.34. The van der Waals surface area contributed by atoms with Crippen molar-refractivity contribution < 1.29 is 22.7 Å². The van der Waals surface area contributed by atoms with Crippen LogP contribution in [-0.2, 0) is 32.6 Å². The van der Waals surface area contributed by atoms with Crippen LogP contribution in [0.1, 0.15) is 25.0 Å². The minimum absolute atomic E-state index is 0.0822. The van der Waals surface area contributed by atoms with E-state index in [9.17, 15) is 18.0 Å². The molecular formula is C34H34Cl3N3O5S. The van der Waals surface area contributed by atoms with Crippen molar-refractivity contribution in [3.8, 4) is 5.75 Å². The van der Waals surface area contributed by atoms with Gasteiger partial charge < -0.3 is 15.0 Å². The van der Waals surface area contributed by atoms with Crippen molar-refractivity contribution in [1.29, 1.82) is 0 Å². The summed E-state index contributed by atoms with van der Waals surface area (Å²) in [7, 11) is -4.35. The Morgan fingerprint density at radius 1 is 0.826 bits per heavy atom. The Labute approximate surface area is 284 Å². The smallest absolute Gasteiger partial charge is 0.264 e. The first-order valence-electron chi connectivity index (χ1n) is 14.6. The van der Waals surface area contributed by atoms with Crippen LogP contribution >= 0.6 is 34.8 Å². The van der Waals surface area contributed by atoms with Gasteiger partial charge in [0.1, 0.15) is 18.3 Å². The van der Waals surface area contributed by atoms with Crippen LogP contribution in [0.25, 0.3) is 0 Å². The van der Waals surface area contributed by atoms with Crippen molar-refractivity contribution in [3.63, 3.8) is 0 Å². The maximum Gasteiger partial charge on any atom is 0.264 e. The SMILES string of the molecule is CCNC(=O)C(Cc1ccccc1)N(Cc1c(Cl)cccc1Cl)C(=O)CN(c1ccccc1OCC)S(=O)(=O)c1ccc(Cl)cc1. The van der Waals surface area contributed by atoms with Crippen LogP contribution in [0.15, 0.2) is 102 Å². The third kappa shape index (κ3) is 8.53. The predicted molar refractivity (Wildman–Crippen MR) is 183 cm³/mol. The van der Waals surface area contributed by atoms with Gasteiger partial charge in [0, 0.05) is 40.1 Å². The Bertz CT molecular complexity index is 1740. The number of hydrogen-bond donors (Lipinski definition) is 1. The number of anilines is 1. The van der Waals surface area contributed by atoms with Gasteiger partial charge >= 0.3 is 0 Å². The molecule has 1 unspecified atom stereocenters. The maximum absolute atomic E-state index is 14.6. The standard InChI is InChI=1S/C34H34Cl3N3O5S/c1-3-38-34(42)31(21-24-11-6-5-7-12-24)39(22-27-28(36)13-10-14-29(27)37)33(41)23-40(30-15-8-9-16-32(30)45-4-2)46(43,44)26-19-17-25(35)18-20-26/h5-20,31H,3-4,21-23H2,1-2H3,(H,38,42). The molecule has 46 heavy (non-hydrogen) atoms. The Morgan fingerprint density at radius 2 is 1.46 bits per heavy atom. The minimum atomic E-state index is -4.35. The molecule has 1 N–H and O–H groups in total. The number of benzene rings is 4. The van der Waals surface area contributed by atoms with E-state index < -0.39 is 34.4 Å². The zero-order chi connectivity index (χ0) is 33.3. The number of halogens is 3. The molecule has 4 aromatic carbocycles. The number of amides is 2. The predicted octanol–water partition coefficient (Wildman–Crippen LogP) is 7.02. The molecule has 0 aliphatic rings. The zero-order valence-electron chi connectivity index (χ0n) is 25.3. The number of sulfonamides is 1. The second-order valence-corrected chi connectivity index (χ2v) is 13.3. The van der Waals surface area contributed by atoms with Gasteiger partial charge in [-0.1, -0.05) is 83.3 Å². The number of likely N-dealkylation sites (N-methyl/N-ethyl adjacent to an activating group) is 1. The lowest BCUT2D eigenvalue weighted by Crippen LogP contribution is -2.53. The molecule has 8 nitrogen and oxygen atoms in total. The van der Waals surface area contributed by atoms with Gasteiger partial charge in [0.25, 0.3) is 10.0 Å². The van der Waals surface area contributed by atoms with Crippen LogP contribution in [0.3, 0.4) is 0 Å². The van der Waals surface area contributed by atoms with E-state index in [1.54, 1.807) is 56.3 Å². The molecule has 0 aliphatic heterocycles. The summed E-state index contributed by atoms with van der Waals surface area (Å²) in [6.07, 6.45) is 0.153. The van der Waals surface area contributed by atoms with Crippen LogP contribution in [0.5, 0.6) is 5.75 Å². The van der Waals surface area contributed by atoms with Gasteiger partial charge in [0.05, 0.1) is 17.2 Å². The lowest BCUT2D eigenvalue weighted by Gasteiger charge is -2.34. The van der Waals surface area contributed by atoms with Gasteiger partial charge in [0.15, 0.2) is 0 Å². The molecule has 4 aromatic rings. The maximum atomic E-state index is 14.6. The van der Waals surface area contributed by atoms with E-state index in [2.05, 4.69) is 5.32 Å². The second-order valence-electron chi connectivity index (χ2n) is 10.2. The first-order valence-corrected chi connectivity index (χ1v) is 17.2. The molecule has 2 amide bonds. The summed E-state index contributed by atoms with van der Waals surface area (Å²) in [5.41, 5.74) is 1.37. The number of rotatable bonds is 14. The quantitative estimate of drug-likeness (QED) is 0.153. The highest BCUT2D eigenvalue weighted by molar-refractivity contribution is 7.92. The molecule has 0 bridgehead atoms.